The number of rotatable bonds is 4. The Morgan fingerprint density at radius 1 is 1.05 bits per heavy atom. The second kappa shape index (κ2) is 5.65. The molecule has 0 bridgehead atoms. The lowest BCUT2D eigenvalue weighted by molar-refractivity contribution is 0.103. The van der Waals surface area contributed by atoms with Gasteiger partial charge in [-0.1, -0.05) is 0 Å². The van der Waals surface area contributed by atoms with Crippen LogP contribution in [0.25, 0.3) is 0 Å². The highest BCUT2D eigenvalue weighted by molar-refractivity contribution is 6.09. The highest BCUT2D eigenvalue weighted by Crippen LogP contribution is 2.24. The van der Waals surface area contributed by atoms with Crippen molar-refractivity contribution in [1.29, 1.82) is 0 Å². The van der Waals surface area contributed by atoms with Crippen LogP contribution >= 0.6 is 0 Å². The quantitative estimate of drug-likeness (QED) is 0.685. The van der Waals surface area contributed by atoms with Crippen LogP contribution in [0.3, 0.4) is 0 Å². The first-order valence-corrected chi connectivity index (χ1v) is 6.28. The van der Waals surface area contributed by atoms with Crippen LogP contribution in [0.5, 0.6) is 5.75 Å². The van der Waals surface area contributed by atoms with Crippen LogP contribution in [0, 0.1) is 0 Å². The molecule has 0 saturated carbocycles. The SMILES string of the molecule is COc1ccc(C(=O)c2ccc(N(C)C)cc2)cc1N. The minimum absolute atomic E-state index is 0.0512. The van der Waals surface area contributed by atoms with Crippen molar-refractivity contribution in [3.05, 3.63) is 53.6 Å². The van der Waals surface area contributed by atoms with Gasteiger partial charge in [0, 0.05) is 30.9 Å². The molecule has 0 radical (unpaired) electrons. The largest absolute Gasteiger partial charge is 0.495 e. The lowest BCUT2D eigenvalue weighted by Gasteiger charge is -2.12. The van der Waals surface area contributed by atoms with Gasteiger partial charge < -0.3 is 15.4 Å². The van der Waals surface area contributed by atoms with Crippen molar-refractivity contribution < 1.29 is 9.53 Å². The van der Waals surface area contributed by atoms with Gasteiger partial charge in [-0.25, -0.2) is 0 Å². The maximum Gasteiger partial charge on any atom is 0.193 e. The van der Waals surface area contributed by atoms with Gasteiger partial charge in [0.25, 0.3) is 0 Å². The zero-order valence-electron chi connectivity index (χ0n) is 11.9. The zero-order valence-corrected chi connectivity index (χ0v) is 11.9. The minimum atomic E-state index is -0.0512. The molecule has 0 atom stereocenters. The normalized spacial score (nSPS) is 10.2. The molecule has 4 nitrogen and oxygen atoms in total. The molecule has 20 heavy (non-hydrogen) atoms. The van der Waals surface area contributed by atoms with Crippen molar-refractivity contribution in [2.75, 3.05) is 31.8 Å². The van der Waals surface area contributed by atoms with Crippen molar-refractivity contribution in [2.24, 2.45) is 0 Å². The molecule has 0 aliphatic rings. The molecule has 104 valence electrons. The van der Waals surface area contributed by atoms with E-state index < -0.39 is 0 Å². The number of nitrogens with zero attached hydrogens (tertiary/aromatic N) is 1. The predicted octanol–water partition coefficient (Wildman–Crippen LogP) is 2.57. The van der Waals surface area contributed by atoms with E-state index in [2.05, 4.69) is 0 Å². The van der Waals surface area contributed by atoms with E-state index in [4.69, 9.17) is 10.5 Å². The fourth-order valence-electron chi connectivity index (χ4n) is 1.95. The summed E-state index contributed by atoms with van der Waals surface area (Å²) in [5.41, 5.74) is 8.54. The Labute approximate surface area is 118 Å². The molecule has 0 unspecified atom stereocenters. The Kier molecular flexibility index (Phi) is 3.94. The Balaban J connectivity index is 2.29. The Hall–Kier alpha value is -2.49. The van der Waals surface area contributed by atoms with Gasteiger partial charge in [0.1, 0.15) is 5.75 Å². The van der Waals surface area contributed by atoms with Gasteiger partial charge >= 0.3 is 0 Å². The van der Waals surface area contributed by atoms with Gasteiger partial charge in [-0.3, -0.25) is 4.79 Å². The smallest absolute Gasteiger partial charge is 0.193 e. The molecular formula is C16H18N2O2. The second-order valence-electron chi connectivity index (χ2n) is 4.73. The van der Waals surface area contributed by atoms with Crippen LogP contribution in [0.15, 0.2) is 42.5 Å². The molecule has 0 aromatic heterocycles. The number of nitrogens with two attached hydrogens (primary N) is 1. The molecule has 2 aromatic rings. The fourth-order valence-corrected chi connectivity index (χ4v) is 1.95. The average Bonchev–Trinajstić information content (AvgIpc) is 2.46. The number of hydrogen-bond acceptors (Lipinski definition) is 4. The number of carbonyl (C=O) groups is 1. The third-order valence-electron chi connectivity index (χ3n) is 3.14. The summed E-state index contributed by atoms with van der Waals surface area (Å²) in [4.78, 5) is 14.4. The number of methoxy groups -OCH3 is 1. The van der Waals surface area contributed by atoms with E-state index in [-0.39, 0.29) is 5.78 Å². The van der Waals surface area contributed by atoms with E-state index in [9.17, 15) is 4.79 Å². The molecular weight excluding hydrogens is 252 g/mol. The molecule has 0 aliphatic carbocycles. The van der Waals surface area contributed by atoms with Gasteiger partial charge in [-0.15, -0.1) is 0 Å². The first-order valence-electron chi connectivity index (χ1n) is 6.28. The lowest BCUT2D eigenvalue weighted by atomic mass is 10.0. The molecule has 2 aromatic carbocycles. The standard InChI is InChI=1S/C16H18N2O2/c1-18(2)13-7-4-11(5-8-13)16(19)12-6-9-15(20-3)14(17)10-12/h4-10H,17H2,1-3H3. The third-order valence-corrected chi connectivity index (χ3v) is 3.14. The van der Waals surface area contributed by atoms with Crippen molar-refractivity contribution in [3.8, 4) is 5.75 Å². The first kappa shape index (κ1) is 13.9. The number of hydrogen-bond donors (Lipinski definition) is 1. The molecule has 4 heteroatoms. The van der Waals surface area contributed by atoms with E-state index in [1.165, 1.54) is 0 Å². The van der Waals surface area contributed by atoms with Gasteiger partial charge in [0.15, 0.2) is 5.78 Å². The van der Waals surface area contributed by atoms with E-state index >= 15 is 0 Å². The lowest BCUT2D eigenvalue weighted by Crippen LogP contribution is -2.09. The number of nitrogen functional groups attached to an aromatic ring is 1. The molecule has 0 saturated heterocycles. The third kappa shape index (κ3) is 2.74. The van der Waals surface area contributed by atoms with Gasteiger partial charge in [-0.05, 0) is 42.5 Å². The first-order chi connectivity index (χ1) is 9.52. The van der Waals surface area contributed by atoms with Crippen LogP contribution in [0.2, 0.25) is 0 Å². The van der Waals surface area contributed by atoms with E-state index in [0.29, 0.717) is 22.6 Å². The number of carbonyl (C=O) groups excluding carboxylic acids is 1. The van der Waals surface area contributed by atoms with Crippen molar-refractivity contribution in [1.82, 2.24) is 0 Å². The second-order valence-corrected chi connectivity index (χ2v) is 4.73. The molecule has 0 heterocycles. The number of ether oxygens (including phenoxy) is 1. The molecule has 0 aliphatic heterocycles. The van der Waals surface area contributed by atoms with Gasteiger partial charge in [-0.2, -0.15) is 0 Å². The summed E-state index contributed by atoms with van der Waals surface area (Å²) in [6, 6.07) is 12.5. The summed E-state index contributed by atoms with van der Waals surface area (Å²) in [5, 5.41) is 0. The summed E-state index contributed by atoms with van der Waals surface area (Å²) in [5.74, 6) is 0.522. The highest BCUT2D eigenvalue weighted by atomic mass is 16.5. The minimum Gasteiger partial charge on any atom is -0.495 e. The molecule has 0 spiro atoms. The van der Waals surface area contributed by atoms with Crippen LogP contribution in [-0.4, -0.2) is 27.0 Å². The van der Waals surface area contributed by atoms with Crippen LogP contribution in [0.4, 0.5) is 11.4 Å². The van der Waals surface area contributed by atoms with Crippen LogP contribution < -0.4 is 15.4 Å². The van der Waals surface area contributed by atoms with E-state index in [0.717, 1.165) is 5.69 Å². The maximum absolute atomic E-state index is 12.4. The van der Waals surface area contributed by atoms with E-state index in [1.807, 2.05) is 43.3 Å². The van der Waals surface area contributed by atoms with Gasteiger partial charge in [0.05, 0.1) is 12.8 Å². The summed E-state index contributed by atoms with van der Waals surface area (Å²) in [6.45, 7) is 0. The Bertz CT molecular complexity index is 619. The molecule has 2 N–H and O–H groups in total. The average molecular weight is 270 g/mol. The summed E-state index contributed by atoms with van der Waals surface area (Å²) >= 11 is 0. The monoisotopic (exact) mass is 270 g/mol. The van der Waals surface area contributed by atoms with Crippen molar-refractivity contribution >= 4 is 17.2 Å². The van der Waals surface area contributed by atoms with Crippen molar-refractivity contribution in [3.63, 3.8) is 0 Å². The Morgan fingerprint density at radius 2 is 1.65 bits per heavy atom. The molecule has 2 rings (SSSR count). The van der Waals surface area contributed by atoms with E-state index in [1.54, 1.807) is 25.3 Å². The Morgan fingerprint density at radius 3 is 2.15 bits per heavy atom. The maximum atomic E-state index is 12.4. The topological polar surface area (TPSA) is 55.6 Å². The van der Waals surface area contributed by atoms with Crippen LogP contribution in [-0.2, 0) is 0 Å². The van der Waals surface area contributed by atoms with Gasteiger partial charge in [0.2, 0.25) is 0 Å². The fraction of sp³-hybridized carbons (Fsp3) is 0.188. The predicted molar refractivity (Wildman–Crippen MR) is 81.6 cm³/mol. The highest BCUT2D eigenvalue weighted by Gasteiger charge is 2.11. The number of anilines is 2. The van der Waals surface area contributed by atoms with Crippen molar-refractivity contribution in [2.45, 2.75) is 0 Å². The summed E-state index contributed by atoms with van der Waals surface area (Å²) in [7, 11) is 5.47. The summed E-state index contributed by atoms with van der Waals surface area (Å²) < 4.78 is 5.09. The summed E-state index contributed by atoms with van der Waals surface area (Å²) in [6.07, 6.45) is 0. The van der Waals surface area contributed by atoms with Crippen LogP contribution in [0.1, 0.15) is 15.9 Å². The number of benzene rings is 2. The number of ketones is 1. The zero-order chi connectivity index (χ0) is 14.7. The molecule has 0 fully saturated rings. The molecule has 0 amide bonds.